The number of aromatic nitrogens is 3. The van der Waals surface area contributed by atoms with Crippen molar-refractivity contribution in [2.45, 2.75) is 6.92 Å². The van der Waals surface area contributed by atoms with Crippen LogP contribution < -0.4 is 0 Å². The van der Waals surface area contributed by atoms with E-state index in [-0.39, 0.29) is 16.8 Å². The maximum absolute atomic E-state index is 11.2. The predicted octanol–water partition coefficient (Wildman–Crippen LogP) is 1.12. The second-order valence-electron chi connectivity index (χ2n) is 3.91. The molecule has 3 N–H and O–H groups in total. The highest BCUT2D eigenvalue weighted by molar-refractivity contribution is 6.07. The quantitative estimate of drug-likeness (QED) is 0.755. The smallest absolute Gasteiger partial charge is 0.338 e. The fourth-order valence-corrected chi connectivity index (χ4v) is 1.84. The highest BCUT2D eigenvalue weighted by Crippen LogP contribution is 2.27. The predicted molar refractivity (Wildman–Crippen MR) is 61.7 cm³/mol. The standard InChI is InChI=1S/C11H11N3O4/c1-5-7(10(15)16)8(11(17)18)9(13-5)6-3-14(2)4-12-6/h3-4,13H,1-2H3,(H,15,16)(H,17,18). The van der Waals surface area contributed by atoms with Crippen LogP contribution in [0.2, 0.25) is 0 Å². The van der Waals surface area contributed by atoms with Crippen molar-refractivity contribution in [1.29, 1.82) is 0 Å². The summed E-state index contributed by atoms with van der Waals surface area (Å²) in [5.41, 5.74) is 0.394. The molecule has 2 aromatic rings. The average molecular weight is 249 g/mol. The first kappa shape index (κ1) is 11.9. The number of hydrogen-bond acceptors (Lipinski definition) is 3. The van der Waals surface area contributed by atoms with Crippen molar-refractivity contribution < 1.29 is 19.8 Å². The Morgan fingerprint density at radius 3 is 2.33 bits per heavy atom. The van der Waals surface area contributed by atoms with Gasteiger partial charge < -0.3 is 19.8 Å². The maximum Gasteiger partial charge on any atom is 0.338 e. The lowest BCUT2D eigenvalue weighted by Gasteiger charge is -1.97. The number of aromatic amines is 1. The summed E-state index contributed by atoms with van der Waals surface area (Å²) in [6, 6.07) is 0. The van der Waals surface area contributed by atoms with Crippen molar-refractivity contribution in [1.82, 2.24) is 14.5 Å². The van der Waals surface area contributed by atoms with Gasteiger partial charge in [-0.25, -0.2) is 14.6 Å². The Morgan fingerprint density at radius 1 is 1.28 bits per heavy atom. The summed E-state index contributed by atoms with van der Waals surface area (Å²) in [5.74, 6) is -2.57. The molecule has 0 unspecified atom stereocenters. The third kappa shape index (κ3) is 1.75. The molecule has 0 bridgehead atoms. The fraction of sp³-hybridized carbons (Fsp3) is 0.182. The molecule has 0 aliphatic rings. The van der Waals surface area contributed by atoms with Crippen LogP contribution >= 0.6 is 0 Å². The summed E-state index contributed by atoms with van der Waals surface area (Å²) in [6.45, 7) is 1.52. The Balaban J connectivity index is 2.72. The van der Waals surface area contributed by atoms with Gasteiger partial charge in [0, 0.05) is 18.9 Å². The van der Waals surface area contributed by atoms with Crippen molar-refractivity contribution >= 4 is 11.9 Å². The Kier molecular flexibility index (Phi) is 2.66. The molecule has 0 aromatic carbocycles. The Morgan fingerprint density at radius 2 is 1.89 bits per heavy atom. The van der Waals surface area contributed by atoms with Crippen LogP contribution in [-0.2, 0) is 7.05 Å². The number of rotatable bonds is 3. The molecule has 0 radical (unpaired) electrons. The first-order chi connectivity index (χ1) is 8.41. The minimum Gasteiger partial charge on any atom is -0.478 e. The fourth-order valence-electron chi connectivity index (χ4n) is 1.84. The van der Waals surface area contributed by atoms with Gasteiger partial charge in [0.1, 0.15) is 11.3 Å². The van der Waals surface area contributed by atoms with E-state index in [1.807, 2.05) is 0 Å². The minimum absolute atomic E-state index is 0.206. The van der Waals surface area contributed by atoms with Crippen molar-refractivity contribution in [3.8, 4) is 11.4 Å². The van der Waals surface area contributed by atoms with Crippen LogP contribution in [0.5, 0.6) is 0 Å². The molecule has 18 heavy (non-hydrogen) atoms. The number of aryl methyl sites for hydroxylation is 2. The van der Waals surface area contributed by atoms with Gasteiger partial charge in [-0.2, -0.15) is 0 Å². The molecule has 94 valence electrons. The van der Waals surface area contributed by atoms with Gasteiger partial charge >= 0.3 is 11.9 Å². The molecule has 7 heteroatoms. The molecule has 0 fully saturated rings. The van der Waals surface area contributed by atoms with Gasteiger partial charge in [0.15, 0.2) is 0 Å². The van der Waals surface area contributed by atoms with Crippen LogP contribution in [0, 0.1) is 6.92 Å². The Hall–Kier alpha value is -2.57. The van der Waals surface area contributed by atoms with Crippen LogP contribution in [-0.4, -0.2) is 36.7 Å². The number of imidazole rings is 1. The lowest BCUT2D eigenvalue weighted by molar-refractivity contribution is 0.0652. The van der Waals surface area contributed by atoms with E-state index in [1.165, 1.54) is 13.3 Å². The van der Waals surface area contributed by atoms with E-state index >= 15 is 0 Å². The molecule has 2 heterocycles. The molecule has 0 aliphatic heterocycles. The third-order valence-corrected chi connectivity index (χ3v) is 2.58. The van der Waals surface area contributed by atoms with Crippen LogP contribution in [0.3, 0.4) is 0 Å². The van der Waals surface area contributed by atoms with Crippen LogP contribution in [0.4, 0.5) is 0 Å². The van der Waals surface area contributed by atoms with Crippen LogP contribution in [0.1, 0.15) is 26.4 Å². The van der Waals surface area contributed by atoms with Gasteiger partial charge in [-0.1, -0.05) is 0 Å². The topological polar surface area (TPSA) is 108 Å². The lowest BCUT2D eigenvalue weighted by atomic mass is 10.1. The molecule has 0 saturated carbocycles. The van der Waals surface area contributed by atoms with Crippen molar-refractivity contribution in [2.75, 3.05) is 0 Å². The zero-order chi connectivity index (χ0) is 13.4. The third-order valence-electron chi connectivity index (χ3n) is 2.58. The van der Waals surface area contributed by atoms with Gasteiger partial charge in [0.05, 0.1) is 17.6 Å². The maximum atomic E-state index is 11.2. The molecule has 0 amide bonds. The first-order valence-corrected chi connectivity index (χ1v) is 5.09. The van der Waals surface area contributed by atoms with E-state index in [2.05, 4.69) is 9.97 Å². The van der Waals surface area contributed by atoms with E-state index in [9.17, 15) is 9.59 Å². The average Bonchev–Trinajstić information content (AvgIpc) is 2.81. The normalized spacial score (nSPS) is 10.6. The first-order valence-electron chi connectivity index (χ1n) is 5.09. The number of nitrogens with zero attached hydrogens (tertiary/aromatic N) is 2. The number of H-pyrrole nitrogens is 1. The van der Waals surface area contributed by atoms with Gasteiger partial charge in [0.25, 0.3) is 0 Å². The molecule has 2 aromatic heterocycles. The minimum atomic E-state index is -1.29. The number of nitrogens with one attached hydrogen (secondary N) is 1. The molecule has 7 nitrogen and oxygen atoms in total. The summed E-state index contributed by atoms with van der Waals surface area (Å²) in [4.78, 5) is 29.1. The van der Waals surface area contributed by atoms with Crippen molar-refractivity contribution in [3.63, 3.8) is 0 Å². The van der Waals surface area contributed by atoms with Crippen molar-refractivity contribution in [2.24, 2.45) is 7.05 Å². The molecule has 0 aliphatic carbocycles. The zero-order valence-electron chi connectivity index (χ0n) is 9.76. The summed E-state index contributed by atoms with van der Waals surface area (Å²) in [6.07, 6.45) is 3.13. The number of carboxylic acids is 2. The van der Waals surface area contributed by atoms with Gasteiger partial charge in [0.2, 0.25) is 0 Å². The molecular weight excluding hydrogens is 238 g/mol. The van der Waals surface area contributed by atoms with E-state index in [4.69, 9.17) is 10.2 Å². The molecule has 0 saturated heterocycles. The summed E-state index contributed by atoms with van der Waals surface area (Å²) in [5, 5.41) is 18.2. The van der Waals surface area contributed by atoms with Gasteiger partial charge in [-0.15, -0.1) is 0 Å². The van der Waals surface area contributed by atoms with E-state index in [0.717, 1.165) is 0 Å². The second-order valence-corrected chi connectivity index (χ2v) is 3.91. The number of carbonyl (C=O) groups is 2. The molecule has 0 spiro atoms. The number of carboxylic acid groups (broad SMARTS) is 2. The highest BCUT2D eigenvalue weighted by Gasteiger charge is 2.27. The van der Waals surface area contributed by atoms with Crippen molar-refractivity contribution in [3.05, 3.63) is 29.3 Å². The van der Waals surface area contributed by atoms with Gasteiger partial charge in [-0.05, 0) is 6.92 Å². The number of aromatic carboxylic acids is 2. The zero-order valence-corrected chi connectivity index (χ0v) is 9.76. The monoisotopic (exact) mass is 249 g/mol. The summed E-state index contributed by atoms with van der Waals surface area (Å²) in [7, 11) is 1.74. The largest absolute Gasteiger partial charge is 0.478 e. The van der Waals surface area contributed by atoms with E-state index in [1.54, 1.807) is 17.8 Å². The lowest BCUT2D eigenvalue weighted by Crippen LogP contribution is -2.07. The number of hydrogen-bond donors (Lipinski definition) is 3. The molecule has 0 atom stereocenters. The Labute approximate surface area is 102 Å². The van der Waals surface area contributed by atoms with E-state index in [0.29, 0.717) is 11.4 Å². The second kappa shape index (κ2) is 4.02. The van der Waals surface area contributed by atoms with Gasteiger partial charge in [-0.3, -0.25) is 0 Å². The van der Waals surface area contributed by atoms with E-state index < -0.39 is 11.9 Å². The summed E-state index contributed by atoms with van der Waals surface area (Å²) >= 11 is 0. The Bertz CT molecular complexity index is 639. The molecular formula is C11H11N3O4. The highest BCUT2D eigenvalue weighted by atomic mass is 16.4. The molecule has 2 rings (SSSR count). The summed E-state index contributed by atoms with van der Waals surface area (Å²) < 4.78 is 1.65. The van der Waals surface area contributed by atoms with Crippen LogP contribution in [0.15, 0.2) is 12.5 Å². The van der Waals surface area contributed by atoms with Crippen LogP contribution in [0.25, 0.3) is 11.4 Å². The SMILES string of the molecule is Cc1[nH]c(-c2cn(C)cn2)c(C(=O)O)c1C(=O)O.